The van der Waals surface area contributed by atoms with Crippen LogP contribution >= 0.6 is 7.26 Å². The number of hydrogen-bond acceptors (Lipinski definition) is 5. The maximum absolute atomic E-state index is 10.4. The van der Waals surface area contributed by atoms with Crippen LogP contribution in [0, 0.1) is 33.6 Å². The predicted octanol–water partition coefficient (Wildman–Crippen LogP) is 7.17. The molecule has 7 nitrogen and oxygen atoms in total. The van der Waals surface area contributed by atoms with Gasteiger partial charge in [-0.1, -0.05) is 18.6 Å². The number of rotatable bonds is 12. The van der Waals surface area contributed by atoms with Crippen molar-refractivity contribution >= 4 is 25.8 Å². The molecule has 0 aliphatic rings. The van der Waals surface area contributed by atoms with E-state index in [4.69, 9.17) is 25.0 Å². The second-order valence-corrected chi connectivity index (χ2v) is 16.1. The summed E-state index contributed by atoms with van der Waals surface area (Å²) in [6, 6.07) is 7.90. The molecule has 0 atom stereocenters. The van der Waals surface area contributed by atoms with Crippen molar-refractivity contribution < 1.29 is 42.6 Å². The Hall–Kier alpha value is -2.39. The van der Waals surface area contributed by atoms with Crippen molar-refractivity contribution in [1.82, 2.24) is 0 Å². The van der Waals surface area contributed by atoms with E-state index in [-0.39, 0.29) is 17.4 Å². The summed E-state index contributed by atoms with van der Waals surface area (Å²) in [4.78, 5) is 17.9. The van der Waals surface area contributed by atoms with E-state index in [9.17, 15) is 10.2 Å². The maximum atomic E-state index is 10.4. The average Bonchev–Trinajstić information content (AvgIpc) is 2.78. The zero-order valence-corrected chi connectivity index (χ0v) is 26.6. The number of phenolic OH excluding ortho intramolecular Hbond substituents is 2. The Morgan fingerprint density at radius 2 is 1.21 bits per heavy atom. The number of benzene rings is 2. The van der Waals surface area contributed by atoms with Gasteiger partial charge < -0.3 is 20.4 Å². The zero-order chi connectivity index (χ0) is 28.9. The SMILES string of the molecule is Cc1cc(C)c(O)c(C=NCC(CCCCC[P+](C)(C)C)CN=Cc2cc(C)cc(C)c2O)c1.O=C(O)O.[Cr]. The van der Waals surface area contributed by atoms with E-state index in [0.29, 0.717) is 30.5 Å². The van der Waals surface area contributed by atoms with Crippen molar-refractivity contribution in [3.8, 4) is 11.5 Å². The van der Waals surface area contributed by atoms with E-state index in [1.54, 1.807) is 12.4 Å². The Labute approximate surface area is 245 Å². The molecule has 0 aromatic heterocycles. The van der Waals surface area contributed by atoms with Gasteiger partial charge in [0.15, 0.2) is 0 Å². The summed E-state index contributed by atoms with van der Waals surface area (Å²) in [5.41, 5.74) is 5.53. The molecule has 0 amide bonds. The van der Waals surface area contributed by atoms with Crippen LogP contribution in [0.4, 0.5) is 4.79 Å². The topological polar surface area (TPSA) is 123 Å². The van der Waals surface area contributed by atoms with E-state index in [2.05, 4.69) is 20.0 Å². The van der Waals surface area contributed by atoms with Gasteiger partial charge in [-0.05, 0) is 87.3 Å². The first-order valence-corrected chi connectivity index (χ1v) is 16.3. The number of unbranched alkanes of at least 4 members (excludes halogenated alkanes) is 2. The number of nitrogens with zero attached hydrogens (tertiary/aromatic N) is 2. The number of phenols is 2. The average molecular weight is 598 g/mol. The first kappa shape index (κ1) is 36.6. The standard InChI is InChI=1S/C29H43N2O2P.CH2O3.Cr/c1-21-13-23(3)28(32)26(15-21)19-30-17-25(11-9-8-10-12-34(5,6)7)18-31-20-27-16-22(2)14-24(4)29(27)33;2-1(3)4;/h13-16,19-20,25H,8-12,17-18H2,1-7H3,(H-,30,31,32,33);(H2,2,3,4);/p+1. The Morgan fingerprint density at radius 3 is 1.59 bits per heavy atom. The van der Waals surface area contributed by atoms with Crippen LogP contribution < -0.4 is 0 Å². The van der Waals surface area contributed by atoms with Crippen LogP contribution in [-0.2, 0) is 17.4 Å². The monoisotopic (exact) mass is 597 g/mol. The molecule has 39 heavy (non-hydrogen) atoms. The summed E-state index contributed by atoms with van der Waals surface area (Å²) in [5, 5.41) is 34.7. The molecule has 0 saturated carbocycles. The molecule has 0 radical (unpaired) electrons. The van der Waals surface area contributed by atoms with Gasteiger partial charge in [0.2, 0.25) is 0 Å². The number of aromatic hydroxyl groups is 2. The van der Waals surface area contributed by atoms with Crippen LogP contribution in [0.3, 0.4) is 0 Å². The molecule has 0 heterocycles. The summed E-state index contributed by atoms with van der Waals surface area (Å²) in [6.07, 6.45) is 7.91. The molecule has 0 spiro atoms. The number of hydrogen-bond donors (Lipinski definition) is 4. The summed E-state index contributed by atoms with van der Waals surface area (Å²) in [6.45, 7) is 16.5. The Kier molecular flexibility index (Phi) is 16.9. The van der Waals surface area contributed by atoms with Crippen molar-refractivity contribution in [3.63, 3.8) is 0 Å². The van der Waals surface area contributed by atoms with E-state index in [0.717, 1.165) is 39.8 Å². The van der Waals surface area contributed by atoms with E-state index >= 15 is 0 Å². The quantitative estimate of drug-likeness (QED) is 0.117. The molecule has 2 rings (SSSR count). The molecule has 4 N–H and O–H groups in total. The molecular weight excluding hydrogens is 551 g/mol. The van der Waals surface area contributed by atoms with Crippen molar-refractivity contribution in [3.05, 3.63) is 57.6 Å². The molecule has 2 aromatic carbocycles. The molecule has 0 unspecified atom stereocenters. The van der Waals surface area contributed by atoms with Crippen LogP contribution in [0.2, 0.25) is 0 Å². The van der Waals surface area contributed by atoms with E-state index in [1.165, 1.54) is 25.4 Å². The van der Waals surface area contributed by atoms with Gasteiger partial charge in [0, 0.05) is 81.3 Å². The third kappa shape index (κ3) is 15.7. The van der Waals surface area contributed by atoms with Gasteiger partial charge in [-0.25, -0.2) is 4.79 Å². The zero-order valence-electron chi connectivity index (χ0n) is 24.4. The first-order chi connectivity index (χ1) is 17.7. The Balaban J connectivity index is 0.00000269. The third-order valence-corrected chi connectivity index (χ3v) is 7.74. The van der Waals surface area contributed by atoms with Gasteiger partial charge in [0.1, 0.15) is 11.5 Å². The van der Waals surface area contributed by atoms with Crippen molar-refractivity contribution in [2.45, 2.75) is 53.4 Å². The van der Waals surface area contributed by atoms with Crippen LogP contribution in [0.1, 0.15) is 59.1 Å². The van der Waals surface area contributed by atoms with Gasteiger partial charge in [-0.15, -0.1) is 0 Å². The minimum absolute atomic E-state index is 0. The molecule has 0 aliphatic heterocycles. The van der Waals surface area contributed by atoms with Crippen LogP contribution in [0.15, 0.2) is 34.3 Å². The third-order valence-electron chi connectivity index (χ3n) is 6.08. The molecule has 2 aromatic rings. The summed E-state index contributed by atoms with van der Waals surface area (Å²) in [7, 11) is -0.703. The smallest absolute Gasteiger partial charge is 0.503 e. The molecule has 216 valence electrons. The number of carboxylic acid groups (broad SMARTS) is 2. The minimum atomic E-state index is -1.83. The predicted molar refractivity (Wildman–Crippen MR) is 162 cm³/mol. The largest absolute Gasteiger partial charge is 0.507 e. The van der Waals surface area contributed by atoms with E-state index in [1.807, 2.05) is 52.0 Å². The van der Waals surface area contributed by atoms with Crippen molar-refractivity contribution in [2.24, 2.45) is 15.9 Å². The van der Waals surface area contributed by atoms with Crippen LogP contribution in [0.25, 0.3) is 0 Å². The van der Waals surface area contributed by atoms with E-state index < -0.39 is 13.4 Å². The maximum Gasteiger partial charge on any atom is 0.503 e. The van der Waals surface area contributed by atoms with Gasteiger partial charge in [0.25, 0.3) is 0 Å². The molecular formula is C30H46CrN2O5P+. The Morgan fingerprint density at radius 1 is 0.795 bits per heavy atom. The molecule has 0 saturated heterocycles. The van der Waals surface area contributed by atoms with Gasteiger partial charge in [-0.3, -0.25) is 9.98 Å². The number of carbonyl (C=O) groups is 1. The van der Waals surface area contributed by atoms with Crippen molar-refractivity contribution in [2.75, 3.05) is 39.2 Å². The minimum Gasteiger partial charge on any atom is -0.507 e. The van der Waals surface area contributed by atoms with Crippen molar-refractivity contribution in [1.29, 1.82) is 0 Å². The van der Waals surface area contributed by atoms with Gasteiger partial charge >= 0.3 is 6.16 Å². The van der Waals surface area contributed by atoms with Crippen LogP contribution in [-0.4, -0.2) is 78.3 Å². The molecule has 0 aliphatic carbocycles. The fraction of sp³-hybridized carbons (Fsp3) is 0.500. The second kappa shape index (κ2) is 18.1. The number of aryl methyl sites for hydroxylation is 4. The second-order valence-electron chi connectivity index (χ2n) is 11.0. The summed E-state index contributed by atoms with van der Waals surface area (Å²) >= 11 is 0. The van der Waals surface area contributed by atoms with Gasteiger partial charge in [-0.2, -0.15) is 0 Å². The fourth-order valence-electron chi connectivity index (χ4n) is 4.22. The van der Waals surface area contributed by atoms with Gasteiger partial charge in [0.05, 0.1) is 6.16 Å². The molecule has 0 bridgehead atoms. The fourth-order valence-corrected chi connectivity index (χ4v) is 5.39. The van der Waals surface area contributed by atoms with Crippen LogP contribution in [0.5, 0.6) is 11.5 Å². The summed E-state index contributed by atoms with van der Waals surface area (Å²) in [5.74, 6) is 0.942. The Bertz CT molecular complexity index is 1040. The molecule has 9 heteroatoms. The first-order valence-electron chi connectivity index (χ1n) is 13.0. The molecule has 0 fully saturated rings. The normalized spacial score (nSPS) is 12.2. The number of aliphatic imine (C=N–C) groups is 2. The summed E-state index contributed by atoms with van der Waals surface area (Å²) < 4.78 is 0.